The summed E-state index contributed by atoms with van der Waals surface area (Å²) in [5, 5.41) is 0. The average Bonchev–Trinajstić information content (AvgIpc) is 1.90. The summed E-state index contributed by atoms with van der Waals surface area (Å²) >= 11 is 1.11. The first-order chi connectivity index (χ1) is 3.93. The van der Waals surface area contributed by atoms with Gasteiger partial charge in [-0.05, 0) is 0 Å². The Labute approximate surface area is 54.9 Å². The topological polar surface area (TPSA) is 26.0 Å². The summed E-state index contributed by atoms with van der Waals surface area (Å²) in [5.74, 6) is 0. The Kier molecular flexibility index (Phi) is 2.07. The van der Waals surface area contributed by atoms with Gasteiger partial charge in [0.05, 0.1) is 0 Å². The van der Waals surface area contributed by atoms with Crippen LogP contribution in [0.2, 0.25) is 0 Å². The van der Waals surface area contributed by atoms with E-state index in [-0.39, 0.29) is 0 Å². The molecule has 1 aromatic carbocycles. The second kappa shape index (κ2) is 2.86. The molecule has 0 aliphatic carbocycles. The predicted molar refractivity (Wildman–Crippen MR) is 30.3 cm³/mol. The van der Waals surface area contributed by atoms with Crippen molar-refractivity contribution in [2.45, 2.75) is 0 Å². The van der Waals surface area contributed by atoms with Gasteiger partial charge in [0.1, 0.15) is 0 Å². The number of nitrogens with two attached hydrogens (primary N) is 1. The molecule has 1 aromatic rings. The first-order valence-electron chi connectivity index (χ1n) is 2.25. The SMILES string of the molecule is [NH2][Ni][c]1ccccc1. The first kappa shape index (κ1) is 5.80. The van der Waals surface area contributed by atoms with Gasteiger partial charge in [-0.25, -0.2) is 0 Å². The monoisotopic (exact) mass is 151 g/mol. The van der Waals surface area contributed by atoms with Gasteiger partial charge in [-0.2, -0.15) is 0 Å². The molecule has 0 aromatic heterocycles. The van der Waals surface area contributed by atoms with E-state index in [1.54, 1.807) is 0 Å². The zero-order valence-electron chi connectivity index (χ0n) is 4.28. The van der Waals surface area contributed by atoms with Crippen molar-refractivity contribution in [3.05, 3.63) is 30.3 Å². The third kappa shape index (κ3) is 1.32. The normalized spacial score (nSPS) is 9.62. The van der Waals surface area contributed by atoms with Crippen molar-refractivity contribution in [2.75, 3.05) is 0 Å². The quantitative estimate of drug-likeness (QED) is 0.574. The Balaban J connectivity index is 2.83. The Hall–Kier alpha value is -0.326. The molecule has 0 heterocycles. The summed E-state index contributed by atoms with van der Waals surface area (Å²) in [6.07, 6.45) is 0. The van der Waals surface area contributed by atoms with Crippen molar-refractivity contribution in [1.29, 1.82) is 0 Å². The molecule has 0 amide bonds. The van der Waals surface area contributed by atoms with Gasteiger partial charge in [-0.15, -0.1) is 0 Å². The van der Waals surface area contributed by atoms with Crippen molar-refractivity contribution in [3.63, 3.8) is 0 Å². The van der Waals surface area contributed by atoms with Crippen LogP contribution in [-0.4, -0.2) is 0 Å². The van der Waals surface area contributed by atoms with Gasteiger partial charge in [0, 0.05) is 0 Å². The molecule has 0 bridgehead atoms. The van der Waals surface area contributed by atoms with Crippen LogP contribution < -0.4 is 9.35 Å². The van der Waals surface area contributed by atoms with Crippen LogP contribution in [-0.2, 0) is 14.7 Å². The molecule has 1 nitrogen and oxygen atoms in total. The number of benzene rings is 1. The molecule has 0 aliphatic heterocycles. The molecule has 2 heteroatoms. The number of rotatable bonds is 1. The summed E-state index contributed by atoms with van der Waals surface area (Å²) in [6.45, 7) is 0. The van der Waals surface area contributed by atoms with Crippen molar-refractivity contribution in [2.24, 2.45) is 4.81 Å². The molecule has 2 N–H and O–H groups in total. The standard InChI is InChI=1S/C6H5.H2N.Ni/c1-2-4-6-5-3-1;;/h1-5H;1H2;/q;-1;+1. The van der Waals surface area contributed by atoms with Gasteiger partial charge in [-0.1, -0.05) is 0 Å². The molecule has 0 fully saturated rings. The molecule has 0 unspecified atom stereocenters. The molecule has 8 heavy (non-hydrogen) atoms. The third-order valence-electron chi connectivity index (χ3n) is 0.818. The molecule has 0 saturated carbocycles. The van der Waals surface area contributed by atoms with Crippen LogP contribution in [0.4, 0.5) is 0 Å². The fourth-order valence-electron chi connectivity index (χ4n) is 0.464. The number of hydrogen-bond acceptors (Lipinski definition) is 1. The van der Waals surface area contributed by atoms with Crippen LogP contribution >= 0.6 is 0 Å². The Morgan fingerprint density at radius 2 is 1.75 bits per heavy atom. The van der Waals surface area contributed by atoms with Crippen LogP contribution in [0, 0.1) is 0 Å². The van der Waals surface area contributed by atoms with Gasteiger partial charge < -0.3 is 0 Å². The summed E-state index contributed by atoms with van der Waals surface area (Å²) in [5.41, 5.74) is 0. The van der Waals surface area contributed by atoms with Crippen molar-refractivity contribution in [3.8, 4) is 0 Å². The van der Waals surface area contributed by atoms with Gasteiger partial charge in [0.25, 0.3) is 0 Å². The molecular weight excluding hydrogens is 145 g/mol. The summed E-state index contributed by atoms with van der Waals surface area (Å²) in [4.78, 5) is 5.29. The van der Waals surface area contributed by atoms with E-state index in [9.17, 15) is 0 Å². The van der Waals surface area contributed by atoms with E-state index in [4.69, 9.17) is 4.81 Å². The van der Waals surface area contributed by atoms with Crippen LogP contribution in [0.25, 0.3) is 0 Å². The van der Waals surface area contributed by atoms with Gasteiger partial charge in [0.15, 0.2) is 0 Å². The average molecular weight is 152 g/mol. The molecule has 0 saturated heterocycles. The molecule has 46 valence electrons. The second-order valence-electron chi connectivity index (χ2n) is 1.35. The molecular formula is C6H7NNi. The van der Waals surface area contributed by atoms with E-state index in [1.807, 2.05) is 30.3 Å². The van der Waals surface area contributed by atoms with Crippen LogP contribution in [0.3, 0.4) is 0 Å². The fourth-order valence-corrected chi connectivity index (χ4v) is 0.844. The summed E-state index contributed by atoms with van der Waals surface area (Å²) in [6, 6.07) is 9.89. The van der Waals surface area contributed by atoms with Crippen LogP contribution in [0.15, 0.2) is 30.3 Å². The Morgan fingerprint density at radius 1 is 1.12 bits per heavy atom. The second-order valence-corrected chi connectivity index (χ2v) is 2.21. The van der Waals surface area contributed by atoms with E-state index < -0.39 is 0 Å². The molecule has 0 radical (unpaired) electrons. The van der Waals surface area contributed by atoms with Gasteiger partial charge >= 0.3 is 54.3 Å². The van der Waals surface area contributed by atoms with E-state index in [1.165, 1.54) is 0 Å². The van der Waals surface area contributed by atoms with E-state index in [0.717, 1.165) is 19.2 Å². The maximum absolute atomic E-state index is 5.29. The van der Waals surface area contributed by atoms with Crippen LogP contribution in [0.1, 0.15) is 0 Å². The maximum atomic E-state index is 5.29. The number of hydrogen-bond donors (Lipinski definition) is 1. The van der Waals surface area contributed by atoms with E-state index in [0.29, 0.717) is 0 Å². The van der Waals surface area contributed by atoms with Gasteiger partial charge in [-0.3, -0.25) is 0 Å². The Bertz CT molecular complexity index is 150. The van der Waals surface area contributed by atoms with Crippen molar-refractivity contribution in [1.82, 2.24) is 0 Å². The summed E-state index contributed by atoms with van der Waals surface area (Å²) in [7, 11) is 0. The predicted octanol–water partition coefficient (Wildman–Crippen LogP) is 0.268. The fraction of sp³-hybridized carbons (Fsp3) is 0. The van der Waals surface area contributed by atoms with Crippen molar-refractivity contribution < 1.29 is 14.7 Å². The van der Waals surface area contributed by atoms with Crippen LogP contribution in [0.5, 0.6) is 0 Å². The Morgan fingerprint density at radius 3 is 2.12 bits per heavy atom. The minimum atomic E-state index is 1.11. The van der Waals surface area contributed by atoms with Crippen molar-refractivity contribution >= 4 is 4.53 Å². The molecule has 0 atom stereocenters. The molecule has 0 spiro atoms. The summed E-state index contributed by atoms with van der Waals surface area (Å²) < 4.78 is 1.13. The van der Waals surface area contributed by atoms with Gasteiger partial charge in [0.2, 0.25) is 0 Å². The molecule has 0 aliphatic rings. The molecule has 1 rings (SSSR count). The minimum absolute atomic E-state index is 1.11. The first-order valence-corrected chi connectivity index (χ1v) is 3.32. The van der Waals surface area contributed by atoms with E-state index >= 15 is 0 Å². The third-order valence-corrected chi connectivity index (χ3v) is 1.48. The van der Waals surface area contributed by atoms with E-state index in [2.05, 4.69) is 0 Å². The zero-order valence-corrected chi connectivity index (χ0v) is 5.27. The zero-order chi connectivity index (χ0) is 5.82.